The third kappa shape index (κ3) is 4.48. The molecule has 0 aliphatic heterocycles. The predicted octanol–water partition coefficient (Wildman–Crippen LogP) is 5.83. The lowest BCUT2D eigenvalue weighted by Crippen LogP contribution is -2.20. The van der Waals surface area contributed by atoms with Gasteiger partial charge in [-0.1, -0.05) is 74.4 Å². The van der Waals surface area contributed by atoms with E-state index >= 15 is 0 Å². The molecule has 158 valence electrons. The fourth-order valence-electron chi connectivity index (χ4n) is 3.56. The zero-order valence-electron chi connectivity index (χ0n) is 18.2. The van der Waals surface area contributed by atoms with Gasteiger partial charge in [-0.15, -0.1) is 6.42 Å². The molecule has 0 saturated heterocycles. The van der Waals surface area contributed by atoms with E-state index in [1.54, 1.807) is 10.8 Å². The lowest BCUT2D eigenvalue weighted by atomic mass is 9.99. The second-order valence-electron chi connectivity index (χ2n) is 7.79. The quantitative estimate of drug-likeness (QED) is 0.369. The standard InChI is InChI=1S/C28H24N2O2/c1-4-18-32-24-14-15-26-25(19-24)27(23-12-10-22(11-13-23)20(2)3)29-28(31)30(26)17-16-21-8-6-5-7-9-21/h1,5-17,19-20H,18H2,2-3H3/b17-16+. The summed E-state index contributed by atoms with van der Waals surface area (Å²) in [5, 5.41) is 0.814. The zero-order valence-corrected chi connectivity index (χ0v) is 18.2. The number of hydrogen-bond donors (Lipinski definition) is 0. The summed E-state index contributed by atoms with van der Waals surface area (Å²) in [5.74, 6) is 3.54. The summed E-state index contributed by atoms with van der Waals surface area (Å²) < 4.78 is 7.19. The Morgan fingerprint density at radius 2 is 1.81 bits per heavy atom. The first kappa shape index (κ1) is 21.1. The largest absolute Gasteiger partial charge is 0.481 e. The molecule has 0 bridgehead atoms. The van der Waals surface area contributed by atoms with Crippen LogP contribution in [0.15, 0.2) is 77.6 Å². The SMILES string of the molecule is C#CCOc1ccc2c(c1)c(-c1ccc(C(C)C)cc1)nc(=O)n2/C=C/c1ccccc1. The van der Waals surface area contributed by atoms with Gasteiger partial charge in [0.15, 0.2) is 0 Å². The van der Waals surface area contributed by atoms with Gasteiger partial charge in [0.05, 0.1) is 11.2 Å². The second-order valence-corrected chi connectivity index (χ2v) is 7.79. The second kappa shape index (κ2) is 9.36. The number of fused-ring (bicyclic) bond motifs is 1. The van der Waals surface area contributed by atoms with Gasteiger partial charge in [0.1, 0.15) is 12.4 Å². The third-order valence-electron chi connectivity index (χ3n) is 5.28. The molecule has 4 heteroatoms. The van der Waals surface area contributed by atoms with E-state index in [0.717, 1.165) is 22.0 Å². The highest BCUT2D eigenvalue weighted by atomic mass is 16.5. The average Bonchev–Trinajstić information content (AvgIpc) is 2.82. The summed E-state index contributed by atoms with van der Waals surface area (Å²) in [6.07, 6.45) is 8.99. The number of ether oxygens (including phenoxy) is 1. The summed E-state index contributed by atoms with van der Waals surface area (Å²) in [6, 6.07) is 23.6. The maximum Gasteiger partial charge on any atom is 0.352 e. The number of nitrogens with zero attached hydrogens (tertiary/aromatic N) is 2. The van der Waals surface area contributed by atoms with Crippen molar-refractivity contribution < 1.29 is 4.74 Å². The lowest BCUT2D eigenvalue weighted by molar-refractivity contribution is 0.371. The number of terminal acetylenes is 1. The van der Waals surface area contributed by atoms with E-state index in [4.69, 9.17) is 11.2 Å². The Morgan fingerprint density at radius 1 is 1.06 bits per heavy atom. The van der Waals surface area contributed by atoms with Crippen molar-refractivity contribution in [3.8, 4) is 29.4 Å². The van der Waals surface area contributed by atoms with Crippen LogP contribution in [0.1, 0.15) is 30.9 Å². The number of benzene rings is 3. The summed E-state index contributed by atoms with van der Waals surface area (Å²) in [4.78, 5) is 17.5. The summed E-state index contributed by atoms with van der Waals surface area (Å²) in [7, 11) is 0. The molecule has 3 aromatic carbocycles. The smallest absolute Gasteiger partial charge is 0.352 e. The highest BCUT2D eigenvalue weighted by Gasteiger charge is 2.13. The fourth-order valence-corrected chi connectivity index (χ4v) is 3.56. The molecule has 0 amide bonds. The van der Waals surface area contributed by atoms with E-state index in [9.17, 15) is 4.79 Å². The van der Waals surface area contributed by atoms with Gasteiger partial charge in [0.2, 0.25) is 0 Å². The van der Waals surface area contributed by atoms with Crippen LogP contribution in [0.5, 0.6) is 5.75 Å². The third-order valence-corrected chi connectivity index (χ3v) is 5.28. The van der Waals surface area contributed by atoms with Crippen LogP contribution >= 0.6 is 0 Å². The lowest BCUT2D eigenvalue weighted by Gasteiger charge is -2.13. The summed E-state index contributed by atoms with van der Waals surface area (Å²) >= 11 is 0. The molecule has 1 aromatic heterocycles. The molecule has 4 aromatic rings. The number of rotatable bonds is 6. The number of aromatic nitrogens is 2. The van der Waals surface area contributed by atoms with Crippen molar-refractivity contribution in [2.45, 2.75) is 19.8 Å². The van der Waals surface area contributed by atoms with E-state index in [1.165, 1.54) is 5.56 Å². The molecule has 1 heterocycles. The zero-order chi connectivity index (χ0) is 22.5. The maximum atomic E-state index is 13.0. The minimum absolute atomic E-state index is 0.172. The van der Waals surface area contributed by atoms with Gasteiger partial charge in [-0.2, -0.15) is 4.98 Å². The Balaban J connectivity index is 1.89. The average molecular weight is 421 g/mol. The topological polar surface area (TPSA) is 44.1 Å². The Hall–Kier alpha value is -4.10. The molecular formula is C28H24N2O2. The highest BCUT2D eigenvalue weighted by molar-refractivity contribution is 5.94. The predicted molar refractivity (Wildman–Crippen MR) is 132 cm³/mol. The van der Waals surface area contributed by atoms with Crippen LogP contribution in [0.4, 0.5) is 0 Å². The Bertz CT molecular complexity index is 1360. The van der Waals surface area contributed by atoms with E-state index < -0.39 is 0 Å². The fraction of sp³-hybridized carbons (Fsp3) is 0.143. The molecule has 0 spiro atoms. The highest BCUT2D eigenvalue weighted by Crippen LogP contribution is 2.30. The van der Waals surface area contributed by atoms with Crippen molar-refractivity contribution in [1.82, 2.24) is 9.55 Å². The molecule has 0 aliphatic carbocycles. The van der Waals surface area contributed by atoms with Crippen molar-refractivity contribution in [3.05, 3.63) is 94.4 Å². The minimum atomic E-state index is -0.343. The van der Waals surface area contributed by atoms with Gasteiger partial charge < -0.3 is 4.74 Å². The van der Waals surface area contributed by atoms with Crippen LogP contribution in [0.3, 0.4) is 0 Å². The Morgan fingerprint density at radius 3 is 2.50 bits per heavy atom. The van der Waals surface area contributed by atoms with E-state index in [2.05, 4.69) is 36.9 Å². The van der Waals surface area contributed by atoms with Crippen molar-refractivity contribution in [3.63, 3.8) is 0 Å². The van der Waals surface area contributed by atoms with Crippen LogP contribution < -0.4 is 10.4 Å². The van der Waals surface area contributed by atoms with Crippen molar-refractivity contribution in [1.29, 1.82) is 0 Å². The van der Waals surface area contributed by atoms with E-state index in [-0.39, 0.29) is 12.3 Å². The molecule has 0 unspecified atom stereocenters. The monoisotopic (exact) mass is 420 g/mol. The molecule has 32 heavy (non-hydrogen) atoms. The Kier molecular flexibility index (Phi) is 6.19. The van der Waals surface area contributed by atoms with Crippen molar-refractivity contribution >= 4 is 23.2 Å². The molecule has 0 saturated carbocycles. The van der Waals surface area contributed by atoms with Crippen LogP contribution in [0.2, 0.25) is 0 Å². The first-order chi connectivity index (χ1) is 15.6. The van der Waals surface area contributed by atoms with Crippen LogP contribution in [-0.4, -0.2) is 16.2 Å². The molecule has 4 rings (SSSR count). The molecule has 0 aliphatic rings. The van der Waals surface area contributed by atoms with Crippen molar-refractivity contribution in [2.24, 2.45) is 0 Å². The summed E-state index contributed by atoms with van der Waals surface area (Å²) in [6.45, 7) is 4.47. The van der Waals surface area contributed by atoms with Gasteiger partial charge in [-0.3, -0.25) is 4.57 Å². The Labute approximate surface area is 187 Å². The summed E-state index contributed by atoms with van der Waals surface area (Å²) in [5.41, 5.74) is 4.13. The van der Waals surface area contributed by atoms with E-state index in [0.29, 0.717) is 17.4 Å². The molecular weight excluding hydrogens is 396 g/mol. The van der Waals surface area contributed by atoms with Gasteiger partial charge in [0.25, 0.3) is 0 Å². The van der Waals surface area contributed by atoms with Gasteiger partial charge in [-0.05, 0) is 41.3 Å². The molecule has 0 fully saturated rings. The van der Waals surface area contributed by atoms with Gasteiger partial charge >= 0.3 is 5.69 Å². The van der Waals surface area contributed by atoms with Crippen molar-refractivity contribution in [2.75, 3.05) is 6.61 Å². The van der Waals surface area contributed by atoms with E-state index in [1.807, 2.05) is 66.7 Å². The molecule has 0 N–H and O–H groups in total. The molecule has 0 atom stereocenters. The minimum Gasteiger partial charge on any atom is -0.481 e. The van der Waals surface area contributed by atoms with Crippen LogP contribution in [-0.2, 0) is 0 Å². The van der Waals surface area contributed by atoms with Crippen LogP contribution in [0, 0.1) is 12.3 Å². The van der Waals surface area contributed by atoms with Gasteiger partial charge in [0, 0.05) is 17.1 Å². The normalized spacial score (nSPS) is 11.2. The van der Waals surface area contributed by atoms with Crippen LogP contribution in [0.25, 0.3) is 34.4 Å². The number of hydrogen-bond acceptors (Lipinski definition) is 3. The maximum absolute atomic E-state index is 13.0. The van der Waals surface area contributed by atoms with Gasteiger partial charge in [-0.25, -0.2) is 4.79 Å². The first-order valence-corrected chi connectivity index (χ1v) is 10.5. The first-order valence-electron chi connectivity index (χ1n) is 10.5. The molecule has 4 nitrogen and oxygen atoms in total. The molecule has 0 radical (unpaired) electrons.